The smallest absolute Gasteiger partial charge is 0.263 e. The maximum Gasteiger partial charge on any atom is 0.263 e. The molecule has 5 nitrogen and oxygen atoms in total. The largest absolute Gasteiger partial charge is 0.352 e. The lowest BCUT2D eigenvalue weighted by atomic mass is 9.97. The molecule has 0 radical (unpaired) electrons. The fourth-order valence-electron chi connectivity index (χ4n) is 3.58. The number of piperidine rings is 1. The number of nitrogens with one attached hydrogen (secondary N) is 1. The van der Waals surface area contributed by atoms with Gasteiger partial charge in [0.2, 0.25) is 0 Å². The van der Waals surface area contributed by atoms with Gasteiger partial charge in [-0.3, -0.25) is 9.59 Å². The molecular weight excluding hydrogens is 302 g/mol. The number of aryl methyl sites for hydroxylation is 2. The van der Waals surface area contributed by atoms with Crippen LogP contribution in [-0.4, -0.2) is 41.6 Å². The number of likely N-dealkylation sites (tertiary alicyclic amines) is 1. The number of carbonyl (C=O) groups excluding carboxylic acids is 1. The molecule has 24 heavy (non-hydrogen) atoms. The molecule has 1 atom stereocenters. The fraction of sp³-hybridized carbons (Fsp3) is 0.684. The molecule has 1 unspecified atom stereocenters. The average molecular weight is 333 g/mol. The van der Waals surface area contributed by atoms with Crippen molar-refractivity contribution in [2.24, 2.45) is 18.9 Å². The fourth-order valence-corrected chi connectivity index (χ4v) is 3.58. The second kappa shape index (κ2) is 7.97. The average Bonchev–Trinajstić information content (AvgIpc) is 2.50. The number of aromatic nitrogens is 1. The lowest BCUT2D eigenvalue weighted by Crippen LogP contribution is -2.43. The van der Waals surface area contributed by atoms with E-state index in [1.807, 2.05) is 19.9 Å². The number of pyridine rings is 1. The van der Waals surface area contributed by atoms with E-state index in [-0.39, 0.29) is 17.0 Å². The van der Waals surface area contributed by atoms with E-state index in [9.17, 15) is 9.59 Å². The van der Waals surface area contributed by atoms with Crippen LogP contribution in [0.25, 0.3) is 0 Å². The van der Waals surface area contributed by atoms with E-state index in [4.69, 9.17) is 0 Å². The van der Waals surface area contributed by atoms with Crippen molar-refractivity contribution in [3.63, 3.8) is 0 Å². The predicted octanol–water partition coefficient (Wildman–Crippen LogP) is 2.10. The Kier molecular flexibility index (Phi) is 6.21. The summed E-state index contributed by atoms with van der Waals surface area (Å²) in [6.45, 7) is 12.1. The van der Waals surface area contributed by atoms with Crippen molar-refractivity contribution in [1.82, 2.24) is 14.8 Å². The number of rotatable bonds is 5. The lowest BCUT2D eigenvalue weighted by molar-refractivity contribution is 0.0926. The van der Waals surface area contributed by atoms with Crippen LogP contribution in [0.5, 0.6) is 0 Å². The molecule has 1 aliphatic rings. The van der Waals surface area contributed by atoms with Crippen LogP contribution in [0.1, 0.15) is 48.3 Å². The van der Waals surface area contributed by atoms with Gasteiger partial charge in [0.15, 0.2) is 0 Å². The monoisotopic (exact) mass is 333 g/mol. The zero-order valence-corrected chi connectivity index (χ0v) is 15.7. The highest BCUT2D eigenvalue weighted by Gasteiger charge is 2.22. The highest BCUT2D eigenvalue weighted by molar-refractivity contribution is 5.95. The lowest BCUT2D eigenvalue weighted by Gasteiger charge is -2.33. The van der Waals surface area contributed by atoms with Gasteiger partial charge >= 0.3 is 0 Å². The van der Waals surface area contributed by atoms with Crippen molar-refractivity contribution in [1.29, 1.82) is 0 Å². The Hall–Kier alpha value is -1.62. The van der Waals surface area contributed by atoms with Crippen molar-refractivity contribution < 1.29 is 4.79 Å². The quantitative estimate of drug-likeness (QED) is 0.898. The molecule has 0 aromatic carbocycles. The van der Waals surface area contributed by atoms with Crippen LogP contribution in [0.4, 0.5) is 0 Å². The predicted molar refractivity (Wildman–Crippen MR) is 97.5 cm³/mol. The number of hydrogen-bond donors (Lipinski definition) is 1. The molecule has 1 fully saturated rings. The third-order valence-electron chi connectivity index (χ3n) is 4.87. The minimum Gasteiger partial charge on any atom is -0.352 e. The van der Waals surface area contributed by atoms with Gasteiger partial charge in [-0.05, 0) is 56.7 Å². The Labute approximate surface area is 145 Å². The van der Waals surface area contributed by atoms with Crippen LogP contribution in [0.2, 0.25) is 0 Å². The summed E-state index contributed by atoms with van der Waals surface area (Å²) in [5.74, 6) is 0.890. The molecular formula is C19H31N3O2. The number of amides is 1. The summed E-state index contributed by atoms with van der Waals surface area (Å²) in [4.78, 5) is 27.4. The first kappa shape index (κ1) is 18.7. The van der Waals surface area contributed by atoms with Crippen molar-refractivity contribution in [3.05, 3.63) is 33.2 Å². The third kappa shape index (κ3) is 4.47. The van der Waals surface area contributed by atoms with E-state index in [0.29, 0.717) is 18.4 Å². The molecule has 2 rings (SSSR count). The van der Waals surface area contributed by atoms with Crippen LogP contribution in [0, 0.1) is 25.7 Å². The normalized spacial score (nSPS) is 18.8. The van der Waals surface area contributed by atoms with Gasteiger partial charge in [-0.2, -0.15) is 0 Å². The molecule has 2 heterocycles. The van der Waals surface area contributed by atoms with Gasteiger partial charge in [0, 0.05) is 32.4 Å². The van der Waals surface area contributed by atoms with Crippen LogP contribution in [-0.2, 0) is 7.05 Å². The van der Waals surface area contributed by atoms with Gasteiger partial charge in [0.1, 0.15) is 5.56 Å². The van der Waals surface area contributed by atoms with E-state index in [0.717, 1.165) is 37.3 Å². The second-order valence-corrected chi connectivity index (χ2v) is 7.58. The van der Waals surface area contributed by atoms with Crippen LogP contribution < -0.4 is 10.9 Å². The minimum absolute atomic E-state index is 0.213. The third-order valence-corrected chi connectivity index (χ3v) is 4.87. The van der Waals surface area contributed by atoms with Crippen LogP contribution >= 0.6 is 0 Å². The summed E-state index contributed by atoms with van der Waals surface area (Å²) >= 11 is 0. The van der Waals surface area contributed by atoms with E-state index in [1.165, 1.54) is 11.0 Å². The maximum atomic E-state index is 12.5. The van der Waals surface area contributed by atoms with Gasteiger partial charge in [-0.1, -0.05) is 13.8 Å². The molecule has 5 heteroatoms. The second-order valence-electron chi connectivity index (χ2n) is 7.58. The summed E-state index contributed by atoms with van der Waals surface area (Å²) in [5.41, 5.74) is 1.68. The summed E-state index contributed by atoms with van der Waals surface area (Å²) in [6.07, 6.45) is 2.32. The van der Waals surface area contributed by atoms with Crippen molar-refractivity contribution >= 4 is 5.91 Å². The molecule has 1 N–H and O–H groups in total. The number of carbonyl (C=O) groups is 1. The highest BCUT2D eigenvalue weighted by Crippen LogP contribution is 2.17. The van der Waals surface area contributed by atoms with E-state index in [2.05, 4.69) is 24.1 Å². The molecule has 1 saturated heterocycles. The van der Waals surface area contributed by atoms with E-state index < -0.39 is 0 Å². The number of nitrogens with zero attached hydrogens (tertiary/aromatic N) is 2. The highest BCUT2D eigenvalue weighted by atomic mass is 16.2. The van der Waals surface area contributed by atoms with Crippen molar-refractivity contribution in [3.8, 4) is 0 Å². The number of hydrogen-bond acceptors (Lipinski definition) is 3. The van der Waals surface area contributed by atoms with Crippen molar-refractivity contribution in [2.45, 2.75) is 40.5 Å². The van der Waals surface area contributed by atoms with E-state index in [1.54, 1.807) is 7.05 Å². The first-order valence-corrected chi connectivity index (χ1v) is 8.97. The molecule has 0 bridgehead atoms. The molecule has 0 saturated carbocycles. The van der Waals surface area contributed by atoms with Gasteiger partial charge in [0.25, 0.3) is 11.5 Å². The zero-order chi connectivity index (χ0) is 17.9. The van der Waals surface area contributed by atoms with Gasteiger partial charge in [0.05, 0.1) is 0 Å². The molecule has 1 aliphatic heterocycles. The summed E-state index contributed by atoms with van der Waals surface area (Å²) in [7, 11) is 1.71. The Morgan fingerprint density at radius 3 is 2.75 bits per heavy atom. The maximum absolute atomic E-state index is 12.5. The Balaban J connectivity index is 1.99. The molecule has 0 spiro atoms. The standard InChI is InChI=1S/C19H31N3O2/c1-13(2)11-22-8-6-7-16(12-22)10-20-18(23)17-14(3)9-15(4)21(5)19(17)24/h9,13,16H,6-8,10-12H2,1-5H3,(H,20,23). The summed E-state index contributed by atoms with van der Waals surface area (Å²) in [6, 6.07) is 1.89. The molecule has 0 aliphatic carbocycles. The minimum atomic E-state index is -0.242. The van der Waals surface area contributed by atoms with Crippen LogP contribution in [0.15, 0.2) is 10.9 Å². The Morgan fingerprint density at radius 2 is 2.08 bits per heavy atom. The van der Waals surface area contributed by atoms with Gasteiger partial charge in [-0.25, -0.2) is 0 Å². The Bertz CT molecular complexity index is 649. The summed E-state index contributed by atoms with van der Waals surface area (Å²) in [5, 5.41) is 2.99. The van der Waals surface area contributed by atoms with Gasteiger partial charge < -0.3 is 14.8 Å². The molecule has 1 aromatic heterocycles. The van der Waals surface area contributed by atoms with Crippen LogP contribution in [0.3, 0.4) is 0 Å². The Morgan fingerprint density at radius 1 is 1.38 bits per heavy atom. The van der Waals surface area contributed by atoms with Gasteiger partial charge in [-0.15, -0.1) is 0 Å². The zero-order valence-electron chi connectivity index (χ0n) is 15.7. The topological polar surface area (TPSA) is 54.3 Å². The first-order chi connectivity index (χ1) is 11.3. The first-order valence-electron chi connectivity index (χ1n) is 8.97. The molecule has 134 valence electrons. The SMILES string of the molecule is Cc1cc(C)n(C)c(=O)c1C(=O)NCC1CCCN(CC(C)C)C1. The van der Waals surface area contributed by atoms with E-state index >= 15 is 0 Å². The van der Waals surface area contributed by atoms with Crippen molar-refractivity contribution in [2.75, 3.05) is 26.2 Å². The molecule has 1 aromatic rings. The molecule has 1 amide bonds. The summed E-state index contributed by atoms with van der Waals surface area (Å²) < 4.78 is 1.53.